The maximum atomic E-state index is 14.5. The number of hydrogen-bond acceptors (Lipinski definition) is 9. The highest BCUT2D eigenvalue weighted by Crippen LogP contribution is 2.50. The zero-order valence-electron chi connectivity index (χ0n) is 27.4. The van der Waals surface area contributed by atoms with Gasteiger partial charge < -0.3 is 19.4 Å². The number of fused-ring (bicyclic) bond motifs is 5. The number of carbonyl (C=O) groups excluding carboxylic acids is 1. The SMILES string of the molecule is COc1c(F)ccc2c1CC[C@H]2Nc1cccc2nc(-c3c4c(nc(CCc5ccc(F)cc5)c3-c3nnc(C)o3)[C@@H]3CCCN3C4=O)sc12. The van der Waals surface area contributed by atoms with Crippen LogP contribution in [-0.4, -0.2) is 44.6 Å². The molecular weight excluding hydrogens is 659 g/mol. The van der Waals surface area contributed by atoms with Crippen LogP contribution in [-0.2, 0) is 19.3 Å². The van der Waals surface area contributed by atoms with E-state index in [1.165, 1.54) is 36.6 Å². The number of amides is 1. The van der Waals surface area contributed by atoms with E-state index in [-0.39, 0.29) is 35.5 Å². The molecule has 3 aliphatic rings. The lowest BCUT2D eigenvalue weighted by Crippen LogP contribution is -2.22. The Kier molecular flexibility index (Phi) is 7.38. The van der Waals surface area contributed by atoms with Gasteiger partial charge in [-0.2, -0.15) is 0 Å². The molecule has 3 aromatic carbocycles. The number of benzene rings is 3. The van der Waals surface area contributed by atoms with Gasteiger partial charge in [-0.3, -0.25) is 9.78 Å². The third-order valence-corrected chi connectivity index (χ3v) is 11.2. The topological polar surface area (TPSA) is 106 Å². The number of aryl methyl sites for hydroxylation is 3. The lowest BCUT2D eigenvalue weighted by molar-refractivity contribution is 0.0776. The lowest BCUT2D eigenvalue weighted by Gasteiger charge is -2.17. The second kappa shape index (κ2) is 12.0. The summed E-state index contributed by atoms with van der Waals surface area (Å²) in [5.74, 6) is 0.277. The summed E-state index contributed by atoms with van der Waals surface area (Å²) in [5.41, 5.74) is 7.85. The van der Waals surface area contributed by atoms with Crippen molar-refractivity contribution >= 4 is 33.1 Å². The number of methoxy groups -OCH3 is 1. The summed E-state index contributed by atoms with van der Waals surface area (Å²) >= 11 is 1.50. The summed E-state index contributed by atoms with van der Waals surface area (Å²) in [6.45, 7) is 2.40. The number of nitrogens with one attached hydrogen (secondary N) is 1. The molecule has 0 unspecified atom stereocenters. The van der Waals surface area contributed by atoms with Crippen molar-refractivity contribution in [2.45, 2.75) is 57.5 Å². The molecular formula is C38H32F2N6O3S. The first-order valence-electron chi connectivity index (χ1n) is 16.8. The average Bonchev–Trinajstić information content (AvgIpc) is 3.96. The van der Waals surface area contributed by atoms with Gasteiger partial charge in [-0.25, -0.2) is 13.8 Å². The van der Waals surface area contributed by atoms with Crippen LogP contribution in [0.15, 0.2) is 59.0 Å². The number of aromatic nitrogens is 4. The van der Waals surface area contributed by atoms with Gasteiger partial charge in [0.05, 0.1) is 57.6 Å². The first-order valence-corrected chi connectivity index (χ1v) is 17.6. The van der Waals surface area contributed by atoms with E-state index in [9.17, 15) is 13.6 Å². The first-order chi connectivity index (χ1) is 24.4. The zero-order chi connectivity index (χ0) is 34.1. The van der Waals surface area contributed by atoms with Gasteiger partial charge in [0.1, 0.15) is 10.8 Å². The van der Waals surface area contributed by atoms with Crippen molar-refractivity contribution in [2.75, 3.05) is 19.0 Å². The van der Waals surface area contributed by atoms with Crippen LogP contribution in [0.4, 0.5) is 14.5 Å². The van der Waals surface area contributed by atoms with Crippen molar-refractivity contribution in [2.24, 2.45) is 0 Å². The average molecular weight is 691 g/mol. The van der Waals surface area contributed by atoms with Gasteiger partial charge in [-0.1, -0.05) is 24.3 Å². The number of nitrogens with zero attached hydrogens (tertiary/aromatic N) is 5. The molecule has 2 atom stereocenters. The van der Waals surface area contributed by atoms with Crippen molar-refractivity contribution in [1.82, 2.24) is 25.1 Å². The van der Waals surface area contributed by atoms with Crippen molar-refractivity contribution in [1.29, 1.82) is 0 Å². The Morgan fingerprint density at radius 1 is 1.00 bits per heavy atom. The third-order valence-electron chi connectivity index (χ3n) is 10.1. The minimum Gasteiger partial charge on any atom is -0.493 e. The van der Waals surface area contributed by atoms with E-state index in [1.54, 1.807) is 19.1 Å². The van der Waals surface area contributed by atoms with Gasteiger partial charge in [0.2, 0.25) is 11.8 Å². The molecule has 252 valence electrons. The van der Waals surface area contributed by atoms with Gasteiger partial charge in [-0.15, -0.1) is 21.5 Å². The van der Waals surface area contributed by atoms with Gasteiger partial charge in [-0.05, 0) is 80.0 Å². The van der Waals surface area contributed by atoms with E-state index in [2.05, 4.69) is 15.5 Å². The third kappa shape index (κ3) is 4.95. The number of pyridine rings is 1. The summed E-state index contributed by atoms with van der Waals surface area (Å²) in [7, 11) is 1.50. The Morgan fingerprint density at radius 2 is 1.86 bits per heavy atom. The van der Waals surface area contributed by atoms with Gasteiger partial charge in [0, 0.05) is 24.6 Å². The predicted octanol–water partition coefficient (Wildman–Crippen LogP) is 8.18. The summed E-state index contributed by atoms with van der Waals surface area (Å²) in [5, 5.41) is 12.9. The van der Waals surface area contributed by atoms with Crippen LogP contribution < -0.4 is 10.1 Å². The summed E-state index contributed by atoms with van der Waals surface area (Å²) < 4.78 is 40.6. The molecule has 1 N–H and O–H groups in total. The molecule has 1 fully saturated rings. The van der Waals surface area contributed by atoms with E-state index in [1.807, 2.05) is 29.2 Å². The van der Waals surface area contributed by atoms with Gasteiger partial charge in [0.25, 0.3) is 5.91 Å². The minimum absolute atomic E-state index is 0.0374. The van der Waals surface area contributed by atoms with E-state index < -0.39 is 0 Å². The van der Waals surface area contributed by atoms with Crippen molar-refractivity contribution in [3.63, 3.8) is 0 Å². The monoisotopic (exact) mass is 690 g/mol. The molecule has 1 aliphatic carbocycles. The maximum absolute atomic E-state index is 14.5. The van der Waals surface area contributed by atoms with Crippen LogP contribution in [0.1, 0.15) is 75.7 Å². The number of ether oxygens (including phenoxy) is 1. The van der Waals surface area contributed by atoms with Crippen LogP contribution in [0, 0.1) is 18.6 Å². The van der Waals surface area contributed by atoms with Crippen LogP contribution in [0.25, 0.3) is 32.2 Å². The van der Waals surface area contributed by atoms with Gasteiger partial charge >= 0.3 is 0 Å². The Hall–Kier alpha value is -5.23. The Morgan fingerprint density at radius 3 is 2.66 bits per heavy atom. The van der Waals surface area contributed by atoms with Crippen molar-refractivity contribution < 1.29 is 22.7 Å². The molecule has 9 nitrogen and oxygen atoms in total. The minimum atomic E-state index is -0.356. The molecule has 50 heavy (non-hydrogen) atoms. The standard InChI is InChI=1S/C38H32F2N6O3S/c1-19-44-45-36(49-19)30-26(16-10-20-8-11-21(39)12-9-20)42-33-29-7-4-18-46(29)38(47)32(33)31(30)37-43-28-6-3-5-27(35(28)50-37)41-25-17-14-23-22(25)13-15-24(40)34(23)48-2/h3,5-6,8-9,11-13,15,25,29,41H,4,7,10,14,16-18H2,1-2H3/t25-,29+/m1/s1. The van der Waals surface area contributed by atoms with E-state index in [0.717, 1.165) is 63.2 Å². The summed E-state index contributed by atoms with van der Waals surface area (Å²) in [6, 6.07) is 15.6. The molecule has 6 aromatic rings. The zero-order valence-corrected chi connectivity index (χ0v) is 28.2. The number of halogens is 2. The molecule has 2 aliphatic heterocycles. The Bertz CT molecular complexity index is 2320. The first kappa shape index (κ1) is 30.8. The maximum Gasteiger partial charge on any atom is 0.257 e. The Balaban J connectivity index is 1.20. The fraction of sp³-hybridized carbons (Fsp3) is 0.289. The quantitative estimate of drug-likeness (QED) is 0.171. The molecule has 1 saturated heterocycles. The van der Waals surface area contributed by atoms with E-state index in [4.69, 9.17) is 19.1 Å². The number of rotatable bonds is 8. The lowest BCUT2D eigenvalue weighted by atomic mass is 9.94. The van der Waals surface area contributed by atoms with E-state index in [0.29, 0.717) is 59.1 Å². The fourth-order valence-corrected chi connectivity index (χ4v) is 8.96. The smallest absolute Gasteiger partial charge is 0.257 e. The molecule has 3 aromatic heterocycles. The fourth-order valence-electron chi connectivity index (χ4n) is 7.86. The molecule has 0 radical (unpaired) electrons. The second-order valence-corrected chi connectivity index (χ2v) is 14.0. The van der Waals surface area contributed by atoms with Crippen LogP contribution in [0.5, 0.6) is 5.75 Å². The molecule has 12 heteroatoms. The number of anilines is 1. The normalized spacial score (nSPS) is 17.8. The highest BCUT2D eigenvalue weighted by molar-refractivity contribution is 7.22. The molecule has 5 heterocycles. The highest BCUT2D eigenvalue weighted by atomic mass is 32.1. The van der Waals surface area contributed by atoms with Crippen molar-refractivity contribution in [3.05, 3.63) is 106 Å². The van der Waals surface area contributed by atoms with Crippen LogP contribution in [0.2, 0.25) is 0 Å². The number of thiazole rings is 1. The van der Waals surface area contributed by atoms with Gasteiger partial charge in [0.15, 0.2) is 11.6 Å². The Labute approximate surface area is 290 Å². The van der Waals surface area contributed by atoms with Crippen LogP contribution in [0.3, 0.4) is 0 Å². The van der Waals surface area contributed by atoms with Crippen molar-refractivity contribution in [3.8, 4) is 27.8 Å². The predicted molar refractivity (Wildman–Crippen MR) is 185 cm³/mol. The number of carbonyl (C=O) groups is 1. The molecule has 0 bridgehead atoms. The summed E-state index contributed by atoms with van der Waals surface area (Å²) in [6.07, 6.45) is 4.35. The summed E-state index contributed by atoms with van der Waals surface area (Å²) in [4.78, 5) is 26.5. The highest BCUT2D eigenvalue weighted by Gasteiger charge is 2.45. The number of hydrogen-bond donors (Lipinski definition) is 1. The molecule has 9 rings (SSSR count). The van der Waals surface area contributed by atoms with E-state index >= 15 is 0 Å². The molecule has 0 spiro atoms. The second-order valence-electron chi connectivity index (χ2n) is 13.0. The van der Waals surface area contributed by atoms with Crippen LogP contribution >= 0.6 is 11.3 Å². The molecule has 0 saturated carbocycles. The molecule has 1 amide bonds. The largest absolute Gasteiger partial charge is 0.493 e.